The van der Waals surface area contributed by atoms with E-state index in [-0.39, 0.29) is 19.1 Å². The van der Waals surface area contributed by atoms with Crippen LogP contribution in [0.2, 0.25) is 0 Å². The molecule has 0 spiro atoms. The monoisotopic (exact) mass is 506 g/mol. The van der Waals surface area contributed by atoms with Crippen LogP contribution >= 0.6 is 0 Å². The van der Waals surface area contributed by atoms with Crippen LogP contribution in [-0.4, -0.2) is 71.2 Å². The second-order valence-corrected chi connectivity index (χ2v) is 11.9. The maximum absolute atomic E-state index is 13.0. The summed E-state index contributed by atoms with van der Waals surface area (Å²) in [5, 5.41) is 27.4. The van der Waals surface area contributed by atoms with Gasteiger partial charge >= 0.3 is 0 Å². The van der Waals surface area contributed by atoms with Crippen molar-refractivity contribution in [2.24, 2.45) is 0 Å². The molecule has 192 valence electrons. The number of piperidine rings is 1. The standard InChI is InChI=1S/C25H34N2O7S/c1-17-13-19(7-8-23(17)20-5-4-6-22(14-20)34-16-21(29)15-28)18-9-11-27(12-10-18)35(32,33)25(2,3)24(30)26-31/h4-8,13-14,18,21,28-29,31H,9-12,15-16H2,1-3H3,(H,26,30). The Kier molecular flexibility index (Phi) is 8.55. The second kappa shape index (κ2) is 11.0. The molecule has 1 aliphatic heterocycles. The highest BCUT2D eigenvalue weighted by molar-refractivity contribution is 7.91. The van der Waals surface area contributed by atoms with Crippen molar-refractivity contribution in [3.63, 3.8) is 0 Å². The van der Waals surface area contributed by atoms with Crippen LogP contribution in [-0.2, 0) is 14.8 Å². The lowest BCUT2D eigenvalue weighted by molar-refractivity contribution is -0.131. The van der Waals surface area contributed by atoms with Gasteiger partial charge in [0.05, 0.1) is 6.61 Å². The van der Waals surface area contributed by atoms with Crippen LogP contribution in [0.25, 0.3) is 11.1 Å². The van der Waals surface area contributed by atoms with E-state index in [0.29, 0.717) is 31.7 Å². The minimum Gasteiger partial charge on any atom is -0.491 e. The number of amides is 1. The van der Waals surface area contributed by atoms with E-state index in [4.69, 9.17) is 15.1 Å². The van der Waals surface area contributed by atoms with Gasteiger partial charge in [-0.1, -0.05) is 30.3 Å². The van der Waals surface area contributed by atoms with Crippen molar-refractivity contribution >= 4 is 15.9 Å². The van der Waals surface area contributed by atoms with Gasteiger partial charge in [0, 0.05) is 13.1 Å². The number of hydrogen-bond donors (Lipinski definition) is 4. The molecule has 0 aliphatic carbocycles. The minimum atomic E-state index is -3.93. The summed E-state index contributed by atoms with van der Waals surface area (Å²) in [5.74, 6) is -0.159. The first kappa shape index (κ1) is 27.1. The summed E-state index contributed by atoms with van der Waals surface area (Å²) < 4.78 is 31.0. The van der Waals surface area contributed by atoms with Crippen molar-refractivity contribution in [1.82, 2.24) is 9.79 Å². The molecule has 0 saturated carbocycles. The lowest BCUT2D eigenvalue weighted by atomic mass is 9.87. The number of carbonyl (C=O) groups is 1. The summed E-state index contributed by atoms with van der Waals surface area (Å²) in [7, 11) is -3.93. The van der Waals surface area contributed by atoms with Crippen molar-refractivity contribution in [2.75, 3.05) is 26.3 Å². The first-order chi connectivity index (χ1) is 16.5. The molecule has 35 heavy (non-hydrogen) atoms. The molecule has 3 rings (SSSR count). The predicted molar refractivity (Wildman–Crippen MR) is 132 cm³/mol. The van der Waals surface area contributed by atoms with Gasteiger partial charge in [-0.25, -0.2) is 18.2 Å². The van der Waals surface area contributed by atoms with E-state index in [9.17, 15) is 18.3 Å². The van der Waals surface area contributed by atoms with Gasteiger partial charge in [-0.3, -0.25) is 10.0 Å². The Morgan fingerprint density at radius 3 is 2.49 bits per heavy atom. The van der Waals surface area contributed by atoms with Crippen LogP contribution in [0.4, 0.5) is 0 Å². The van der Waals surface area contributed by atoms with E-state index in [1.165, 1.54) is 23.6 Å². The Bertz CT molecular complexity index is 1140. The van der Waals surface area contributed by atoms with Gasteiger partial charge in [0.2, 0.25) is 10.0 Å². The highest BCUT2D eigenvalue weighted by Gasteiger charge is 2.46. The van der Waals surface area contributed by atoms with Crippen molar-refractivity contribution < 1.29 is 33.4 Å². The third-order valence-electron chi connectivity index (χ3n) is 6.61. The second-order valence-electron chi connectivity index (χ2n) is 9.38. The summed E-state index contributed by atoms with van der Waals surface area (Å²) in [6, 6.07) is 13.8. The number of benzene rings is 2. The van der Waals surface area contributed by atoms with Crippen LogP contribution in [0.3, 0.4) is 0 Å². The fraction of sp³-hybridized carbons (Fsp3) is 0.480. The molecule has 0 aromatic heterocycles. The van der Waals surface area contributed by atoms with Crippen molar-refractivity contribution in [3.05, 3.63) is 53.6 Å². The Labute approximate surface area is 206 Å². The van der Waals surface area contributed by atoms with E-state index in [1.807, 2.05) is 31.2 Å². The molecular weight excluding hydrogens is 472 g/mol. The molecule has 1 aliphatic rings. The van der Waals surface area contributed by atoms with Crippen LogP contribution in [0.1, 0.15) is 43.7 Å². The molecule has 1 fully saturated rings. The van der Waals surface area contributed by atoms with Crippen molar-refractivity contribution in [2.45, 2.75) is 50.4 Å². The normalized spacial score (nSPS) is 16.6. The molecular formula is C25H34N2O7S. The lowest BCUT2D eigenvalue weighted by Gasteiger charge is -2.36. The van der Waals surface area contributed by atoms with Crippen LogP contribution in [0.15, 0.2) is 42.5 Å². The number of sulfonamides is 1. The van der Waals surface area contributed by atoms with E-state index in [0.717, 1.165) is 22.3 Å². The largest absolute Gasteiger partial charge is 0.491 e. The van der Waals surface area contributed by atoms with Crippen molar-refractivity contribution in [3.8, 4) is 16.9 Å². The molecule has 10 heteroatoms. The zero-order valence-corrected chi connectivity index (χ0v) is 21.1. The molecule has 1 unspecified atom stereocenters. The van der Waals surface area contributed by atoms with Crippen LogP contribution < -0.4 is 10.2 Å². The highest BCUT2D eigenvalue weighted by Crippen LogP contribution is 2.35. The first-order valence-electron chi connectivity index (χ1n) is 11.6. The number of nitrogens with zero attached hydrogens (tertiary/aromatic N) is 1. The zero-order valence-electron chi connectivity index (χ0n) is 20.3. The van der Waals surface area contributed by atoms with Crippen molar-refractivity contribution in [1.29, 1.82) is 0 Å². The van der Waals surface area contributed by atoms with E-state index in [1.54, 1.807) is 6.07 Å². The Morgan fingerprint density at radius 1 is 1.20 bits per heavy atom. The summed E-state index contributed by atoms with van der Waals surface area (Å²) in [5.41, 5.74) is 5.67. The summed E-state index contributed by atoms with van der Waals surface area (Å²) in [6.45, 7) is 4.85. The third-order valence-corrected chi connectivity index (χ3v) is 9.13. The molecule has 0 bridgehead atoms. The average Bonchev–Trinajstić information content (AvgIpc) is 2.86. The first-order valence-corrected chi connectivity index (χ1v) is 13.0. The highest BCUT2D eigenvalue weighted by atomic mass is 32.2. The van der Waals surface area contributed by atoms with E-state index >= 15 is 0 Å². The van der Waals surface area contributed by atoms with E-state index < -0.39 is 26.8 Å². The van der Waals surface area contributed by atoms with Crippen LogP contribution in [0, 0.1) is 6.92 Å². The number of aliphatic hydroxyl groups excluding tert-OH is 2. The smallest absolute Gasteiger partial charge is 0.265 e. The van der Waals surface area contributed by atoms with Gasteiger partial charge in [0.15, 0.2) is 4.75 Å². The molecule has 2 aromatic rings. The number of aliphatic hydroxyl groups is 2. The van der Waals surface area contributed by atoms with Crippen LogP contribution in [0.5, 0.6) is 5.75 Å². The number of nitrogens with one attached hydrogen (secondary N) is 1. The van der Waals surface area contributed by atoms with E-state index in [2.05, 4.69) is 12.1 Å². The topological polar surface area (TPSA) is 136 Å². The maximum atomic E-state index is 13.0. The third kappa shape index (κ3) is 5.84. The fourth-order valence-corrected chi connectivity index (χ4v) is 5.88. The molecule has 4 N–H and O–H groups in total. The fourth-order valence-electron chi connectivity index (χ4n) is 4.27. The number of hydroxylamine groups is 1. The maximum Gasteiger partial charge on any atom is 0.265 e. The van der Waals surface area contributed by atoms with Gasteiger partial charge in [-0.05, 0) is 73.9 Å². The molecule has 9 nitrogen and oxygen atoms in total. The predicted octanol–water partition coefficient (Wildman–Crippen LogP) is 2.19. The number of ether oxygens (including phenoxy) is 1. The lowest BCUT2D eigenvalue weighted by Crippen LogP contribution is -2.54. The number of aryl methyl sites for hydroxylation is 1. The van der Waals surface area contributed by atoms with Gasteiger partial charge in [-0.2, -0.15) is 0 Å². The van der Waals surface area contributed by atoms with Gasteiger partial charge in [0.25, 0.3) is 5.91 Å². The molecule has 2 aromatic carbocycles. The summed E-state index contributed by atoms with van der Waals surface area (Å²) in [4.78, 5) is 11.9. The van der Waals surface area contributed by atoms with Gasteiger partial charge < -0.3 is 14.9 Å². The molecule has 1 atom stereocenters. The Morgan fingerprint density at radius 2 is 1.89 bits per heavy atom. The van der Waals surface area contributed by atoms with Gasteiger partial charge in [0.1, 0.15) is 18.5 Å². The average molecular weight is 507 g/mol. The number of rotatable bonds is 9. The molecule has 1 amide bonds. The Hall–Kier alpha value is -2.50. The minimum absolute atomic E-state index is 0.00808. The molecule has 1 saturated heterocycles. The Balaban J connectivity index is 1.70. The zero-order chi connectivity index (χ0) is 25.8. The molecule has 1 heterocycles. The summed E-state index contributed by atoms with van der Waals surface area (Å²) in [6.07, 6.45) is 0.329. The summed E-state index contributed by atoms with van der Waals surface area (Å²) >= 11 is 0. The molecule has 0 radical (unpaired) electrons. The van der Waals surface area contributed by atoms with Gasteiger partial charge in [-0.15, -0.1) is 0 Å². The SMILES string of the molecule is Cc1cc(C2CCN(S(=O)(=O)C(C)(C)C(=O)NO)CC2)ccc1-c1cccc(OCC(O)CO)c1. The number of hydrogen-bond acceptors (Lipinski definition) is 7. The quantitative estimate of drug-likeness (QED) is 0.302. The number of carbonyl (C=O) groups excluding carboxylic acids is 1.